The topological polar surface area (TPSA) is 133 Å². The Morgan fingerprint density at radius 1 is 1.15 bits per heavy atom. The molecule has 1 aromatic carbocycles. The minimum atomic E-state index is -4.66. The fourth-order valence-electron chi connectivity index (χ4n) is 6.04. The number of thiazole rings is 1. The average Bonchev–Trinajstić information content (AvgIpc) is 3.57. The van der Waals surface area contributed by atoms with Gasteiger partial charge in [-0.25, -0.2) is 19.6 Å². The number of hydrogen-bond donors (Lipinski definition) is 3. The lowest BCUT2D eigenvalue weighted by Crippen LogP contribution is -2.41. The van der Waals surface area contributed by atoms with Crippen LogP contribution in [-0.2, 0) is 6.18 Å². The number of halogens is 3. The Balaban J connectivity index is 1.59. The normalized spacial score (nSPS) is 15.6. The number of fused-ring (bicyclic) bond motifs is 1. The second-order valence-electron chi connectivity index (χ2n) is 11.6. The number of carboxylic acid groups (broad SMARTS) is 1. The van der Waals surface area contributed by atoms with Crippen LogP contribution < -0.4 is 16.1 Å². The van der Waals surface area contributed by atoms with Crippen molar-refractivity contribution in [1.82, 2.24) is 29.7 Å². The van der Waals surface area contributed by atoms with Gasteiger partial charge in [-0.05, 0) is 63.2 Å². The van der Waals surface area contributed by atoms with Gasteiger partial charge in [0.05, 0.1) is 5.52 Å². The van der Waals surface area contributed by atoms with E-state index in [9.17, 15) is 32.7 Å². The first-order chi connectivity index (χ1) is 22.9. The third kappa shape index (κ3) is 7.69. The van der Waals surface area contributed by atoms with Gasteiger partial charge in [-0.2, -0.15) is 13.2 Å². The fourth-order valence-corrected chi connectivity index (χ4v) is 6.90. The van der Waals surface area contributed by atoms with E-state index in [2.05, 4.69) is 44.2 Å². The Morgan fingerprint density at radius 3 is 2.58 bits per heavy atom. The van der Waals surface area contributed by atoms with Gasteiger partial charge in [0.2, 0.25) is 5.43 Å². The van der Waals surface area contributed by atoms with Gasteiger partial charge in [0.1, 0.15) is 16.4 Å². The summed E-state index contributed by atoms with van der Waals surface area (Å²) in [6.07, 6.45) is -0.127. The van der Waals surface area contributed by atoms with Crippen molar-refractivity contribution >= 4 is 40.1 Å². The number of hydrogen-bond acceptors (Lipinski definition) is 8. The van der Waals surface area contributed by atoms with Crippen LogP contribution in [0.5, 0.6) is 0 Å². The second-order valence-corrected chi connectivity index (χ2v) is 12.4. The van der Waals surface area contributed by atoms with Crippen molar-refractivity contribution in [2.24, 2.45) is 0 Å². The first-order valence-corrected chi connectivity index (χ1v) is 16.8. The molecule has 0 bridgehead atoms. The number of nitrogens with zero attached hydrogens (tertiary/aromatic N) is 5. The number of carboxylic acids is 1. The van der Waals surface area contributed by atoms with E-state index in [1.165, 1.54) is 18.5 Å². The molecule has 1 aliphatic rings. The number of pyridine rings is 2. The SMILES string of the molecule is CCNC(=O)Nc1cc(-c2nc(C(F)(F)F)cs2)c(-c2ccc3c(c2)c(=O)c(C(=O)O)cn3[C@@H]2CCCN(CCN(CC)CC)C2)cn1. The maximum absolute atomic E-state index is 13.6. The van der Waals surface area contributed by atoms with Crippen molar-refractivity contribution in [1.29, 1.82) is 0 Å². The molecule has 15 heteroatoms. The van der Waals surface area contributed by atoms with Crippen LogP contribution in [0.15, 0.2) is 46.8 Å². The van der Waals surface area contributed by atoms with E-state index in [4.69, 9.17) is 0 Å². The first kappa shape index (κ1) is 35.0. The minimum Gasteiger partial charge on any atom is -0.477 e. The number of rotatable bonds is 11. The quantitative estimate of drug-likeness (QED) is 0.175. The van der Waals surface area contributed by atoms with Gasteiger partial charge in [0.25, 0.3) is 0 Å². The largest absolute Gasteiger partial charge is 0.477 e. The highest BCUT2D eigenvalue weighted by Gasteiger charge is 2.34. The summed E-state index contributed by atoms with van der Waals surface area (Å²) in [5.41, 5.74) is -0.502. The van der Waals surface area contributed by atoms with Crippen LogP contribution in [0.1, 0.15) is 55.7 Å². The van der Waals surface area contributed by atoms with Crippen LogP contribution in [0.2, 0.25) is 0 Å². The van der Waals surface area contributed by atoms with E-state index in [1.54, 1.807) is 25.1 Å². The Morgan fingerprint density at radius 2 is 1.92 bits per heavy atom. The zero-order valence-electron chi connectivity index (χ0n) is 26.9. The molecule has 256 valence electrons. The van der Waals surface area contributed by atoms with Gasteiger partial charge < -0.3 is 24.8 Å². The van der Waals surface area contributed by atoms with Gasteiger partial charge in [-0.15, -0.1) is 11.3 Å². The van der Waals surface area contributed by atoms with Crippen LogP contribution in [0.4, 0.5) is 23.8 Å². The summed E-state index contributed by atoms with van der Waals surface area (Å²) in [6.45, 7) is 11.7. The molecule has 3 aromatic heterocycles. The van der Waals surface area contributed by atoms with Crippen LogP contribution in [-0.4, -0.2) is 87.3 Å². The average molecular weight is 686 g/mol. The molecule has 4 heterocycles. The summed E-state index contributed by atoms with van der Waals surface area (Å²) in [5.74, 6) is -1.26. The van der Waals surface area contributed by atoms with E-state index in [-0.39, 0.29) is 33.4 Å². The highest BCUT2D eigenvalue weighted by Crippen LogP contribution is 2.39. The van der Waals surface area contributed by atoms with Crippen LogP contribution >= 0.6 is 11.3 Å². The van der Waals surface area contributed by atoms with Crippen LogP contribution in [0, 0.1) is 0 Å². The number of benzene rings is 1. The number of carbonyl (C=O) groups excluding carboxylic acids is 1. The van der Waals surface area contributed by atoms with Gasteiger partial charge >= 0.3 is 18.2 Å². The number of amides is 2. The van der Waals surface area contributed by atoms with E-state index in [0.717, 1.165) is 62.3 Å². The van der Waals surface area contributed by atoms with Crippen molar-refractivity contribution < 1.29 is 27.9 Å². The maximum atomic E-state index is 13.6. The van der Waals surface area contributed by atoms with Crippen molar-refractivity contribution in [3.63, 3.8) is 0 Å². The molecule has 48 heavy (non-hydrogen) atoms. The van der Waals surface area contributed by atoms with E-state index in [1.807, 2.05) is 4.57 Å². The number of piperidine rings is 1. The molecule has 1 saturated heterocycles. The van der Waals surface area contributed by atoms with E-state index < -0.39 is 29.3 Å². The minimum absolute atomic E-state index is 0.0301. The Bertz CT molecular complexity index is 1860. The standard InChI is InChI=1S/C33H38F3N7O4S/c1-4-37-32(47)40-28-15-22(30-39-27(19-48-30)33(34,35)36)24(16-38-28)20-9-10-26-23(14-20)29(44)25(31(45)46)18-43(26)21-8-7-11-42(17-21)13-12-41(5-2)6-3/h9-10,14-16,18-19,21H,4-8,11-13,17H2,1-3H3,(H,45,46)(H2,37,38,40,47)/t21-/m1/s1. The number of likely N-dealkylation sites (N-methyl/N-ethyl adjacent to an activating group) is 1. The highest BCUT2D eigenvalue weighted by molar-refractivity contribution is 7.13. The molecule has 1 aliphatic heterocycles. The van der Waals surface area contributed by atoms with Gasteiger partial charge in [-0.1, -0.05) is 19.9 Å². The van der Waals surface area contributed by atoms with Crippen molar-refractivity contribution in [2.45, 2.75) is 45.8 Å². The summed E-state index contributed by atoms with van der Waals surface area (Å²) in [6, 6.07) is 5.83. The number of urea groups is 1. The van der Waals surface area contributed by atoms with Gasteiger partial charge in [-0.3, -0.25) is 10.1 Å². The first-order valence-electron chi connectivity index (χ1n) is 15.9. The maximum Gasteiger partial charge on any atom is 0.434 e. The zero-order valence-corrected chi connectivity index (χ0v) is 27.7. The molecule has 4 aromatic rings. The lowest BCUT2D eigenvalue weighted by Gasteiger charge is -2.36. The molecule has 3 N–H and O–H groups in total. The number of likely N-dealkylation sites (tertiary alicyclic amines) is 1. The monoisotopic (exact) mass is 685 g/mol. The number of nitrogens with one attached hydrogen (secondary N) is 2. The zero-order chi connectivity index (χ0) is 34.6. The molecule has 0 saturated carbocycles. The molecule has 0 unspecified atom stereocenters. The lowest BCUT2D eigenvalue weighted by molar-refractivity contribution is -0.140. The predicted octanol–water partition coefficient (Wildman–Crippen LogP) is 6.02. The molecular formula is C33H38F3N7O4S. The molecule has 1 atom stereocenters. The molecule has 2 amide bonds. The predicted molar refractivity (Wildman–Crippen MR) is 180 cm³/mol. The Hall–Kier alpha value is -4.34. The summed E-state index contributed by atoms with van der Waals surface area (Å²) in [7, 11) is 0. The van der Waals surface area contributed by atoms with Crippen molar-refractivity contribution in [2.75, 3.05) is 51.1 Å². The molecule has 1 fully saturated rings. The third-order valence-corrected chi connectivity index (χ3v) is 9.46. The smallest absolute Gasteiger partial charge is 0.434 e. The molecule has 5 rings (SSSR count). The molecule has 11 nitrogen and oxygen atoms in total. The number of aromatic carboxylic acids is 1. The van der Waals surface area contributed by atoms with E-state index in [0.29, 0.717) is 29.7 Å². The molecular weight excluding hydrogens is 647 g/mol. The fraction of sp³-hybridized carbons (Fsp3) is 0.424. The number of anilines is 1. The van der Waals surface area contributed by atoms with Gasteiger partial charge in [0, 0.05) is 66.5 Å². The van der Waals surface area contributed by atoms with Gasteiger partial charge in [0.15, 0.2) is 5.69 Å². The molecule has 0 aliphatic carbocycles. The number of carbonyl (C=O) groups is 2. The summed E-state index contributed by atoms with van der Waals surface area (Å²) < 4.78 is 42.4. The molecule has 0 spiro atoms. The Labute approximate surface area is 279 Å². The van der Waals surface area contributed by atoms with Crippen LogP contribution in [0.25, 0.3) is 32.6 Å². The highest BCUT2D eigenvalue weighted by atomic mass is 32.1. The van der Waals surface area contributed by atoms with Crippen molar-refractivity contribution in [3.05, 3.63) is 63.5 Å². The summed E-state index contributed by atoms with van der Waals surface area (Å²) in [5, 5.41) is 16.3. The Kier molecular flexibility index (Phi) is 10.8. The second kappa shape index (κ2) is 14.8. The van der Waals surface area contributed by atoms with Crippen molar-refractivity contribution in [3.8, 4) is 21.7 Å². The van der Waals surface area contributed by atoms with Crippen LogP contribution in [0.3, 0.4) is 0 Å². The number of alkyl halides is 3. The lowest BCUT2D eigenvalue weighted by atomic mass is 9.98. The number of aromatic nitrogens is 3. The molecule has 0 radical (unpaired) electrons. The summed E-state index contributed by atoms with van der Waals surface area (Å²) in [4.78, 5) is 50.9. The third-order valence-electron chi connectivity index (χ3n) is 8.58. The summed E-state index contributed by atoms with van der Waals surface area (Å²) >= 11 is 0.781. The van der Waals surface area contributed by atoms with E-state index >= 15 is 0 Å².